The molecule has 1 fully saturated rings. The van der Waals surface area contributed by atoms with Gasteiger partial charge in [0.05, 0.1) is 23.2 Å². The van der Waals surface area contributed by atoms with Crippen LogP contribution in [0.2, 0.25) is 0 Å². The SMILES string of the molecule is CO[C@H]1O[C@H](C)[C@@H](I)[C@H](OCc2ccccc2)[C@H]1OCc1ccccc1. The van der Waals surface area contributed by atoms with Crippen molar-refractivity contribution in [1.29, 1.82) is 0 Å². The third-order valence-corrected chi connectivity index (χ3v) is 6.23. The van der Waals surface area contributed by atoms with Gasteiger partial charge in [0.1, 0.15) is 12.2 Å². The Morgan fingerprint density at radius 1 is 0.846 bits per heavy atom. The Morgan fingerprint density at radius 2 is 1.35 bits per heavy atom. The molecule has 0 radical (unpaired) electrons. The molecule has 0 aromatic heterocycles. The Kier molecular flexibility index (Phi) is 7.45. The monoisotopic (exact) mass is 468 g/mol. The van der Waals surface area contributed by atoms with Crippen LogP contribution in [0.3, 0.4) is 0 Å². The highest BCUT2D eigenvalue weighted by Crippen LogP contribution is 2.32. The summed E-state index contributed by atoms with van der Waals surface area (Å²) in [7, 11) is 1.65. The van der Waals surface area contributed by atoms with Gasteiger partial charge in [-0.05, 0) is 18.1 Å². The first kappa shape index (κ1) is 19.8. The third-order valence-electron chi connectivity index (χ3n) is 4.51. The topological polar surface area (TPSA) is 36.9 Å². The Bertz CT molecular complexity index is 608. The van der Waals surface area contributed by atoms with Gasteiger partial charge in [-0.1, -0.05) is 83.3 Å². The summed E-state index contributed by atoms with van der Waals surface area (Å²) < 4.78 is 24.2. The van der Waals surface area contributed by atoms with Gasteiger partial charge >= 0.3 is 0 Å². The first-order chi connectivity index (χ1) is 12.7. The third kappa shape index (κ3) is 5.04. The summed E-state index contributed by atoms with van der Waals surface area (Å²) >= 11 is 2.40. The van der Waals surface area contributed by atoms with E-state index in [1.807, 2.05) is 36.4 Å². The Balaban J connectivity index is 1.71. The fraction of sp³-hybridized carbons (Fsp3) is 0.429. The molecule has 2 aromatic carbocycles. The van der Waals surface area contributed by atoms with Crippen LogP contribution in [0.5, 0.6) is 0 Å². The summed E-state index contributed by atoms with van der Waals surface area (Å²) in [5.74, 6) is 0. The van der Waals surface area contributed by atoms with Gasteiger partial charge in [0.15, 0.2) is 6.29 Å². The molecule has 1 aliphatic rings. The van der Waals surface area contributed by atoms with Crippen molar-refractivity contribution >= 4 is 22.6 Å². The second-order valence-corrected chi connectivity index (χ2v) is 7.85. The van der Waals surface area contributed by atoms with E-state index in [9.17, 15) is 0 Å². The lowest BCUT2D eigenvalue weighted by Crippen LogP contribution is -2.56. The maximum Gasteiger partial charge on any atom is 0.186 e. The predicted octanol–water partition coefficient (Wildman–Crippen LogP) is 4.35. The maximum atomic E-state index is 6.29. The van der Waals surface area contributed by atoms with Gasteiger partial charge < -0.3 is 18.9 Å². The van der Waals surface area contributed by atoms with Crippen molar-refractivity contribution in [1.82, 2.24) is 0 Å². The summed E-state index contributed by atoms with van der Waals surface area (Å²) in [6, 6.07) is 20.3. The van der Waals surface area contributed by atoms with E-state index in [1.165, 1.54) is 0 Å². The van der Waals surface area contributed by atoms with Crippen molar-refractivity contribution < 1.29 is 18.9 Å². The minimum Gasteiger partial charge on any atom is -0.369 e. The van der Waals surface area contributed by atoms with Gasteiger partial charge in [0.25, 0.3) is 0 Å². The zero-order valence-electron chi connectivity index (χ0n) is 15.1. The molecule has 26 heavy (non-hydrogen) atoms. The number of hydrogen-bond acceptors (Lipinski definition) is 4. The number of hydrogen-bond donors (Lipinski definition) is 0. The van der Waals surface area contributed by atoms with Gasteiger partial charge in [0.2, 0.25) is 0 Å². The van der Waals surface area contributed by atoms with Gasteiger partial charge in [-0.15, -0.1) is 0 Å². The number of benzene rings is 2. The molecule has 140 valence electrons. The van der Waals surface area contributed by atoms with Crippen molar-refractivity contribution in [2.75, 3.05) is 7.11 Å². The second kappa shape index (κ2) is 9.80. The van der Waals surface area contributed by atoms with E-state index in [2.05, 4.69) is 53.8 Å². The van der Waals surface area contributed by atoms with Gasteiger partial charge in [-0.2, -0.15) is 0 Å². The van der Waals surface area contributed by atoms with Crippen LogP contribution >= 0.6 is 22.6 Å². The smallest absolute Gasteiger partial charge is 0.186 e. The lowest BCUT2D eigenvalue weighted by atomic mass is 10.0. The quantitative estimate of drug-likeness (QED) is 0.448. The average molecular weight is 468 g/mol. The van der Waals surface area contributed by atoms with E-state index in [0.29, 0.717) is 13.2 Å². The van der Waals surface area contributed by atoms with Crippen molar-refractivity contribution in [3.63, 3.8) is 0 Å². The molecule has 1 saturated heterocycles. The van der Waals surface area contributed by atoms with E-state index >= 15 is 0 Å². The molecule has 0 amide bonds. The summed E-state index contributed by atoms with van der Waals surface area (Å²) in [6.07, 6.45) is -0.825. The maximum absolute atomic E-state index is 6.29. The van der Waals surface area contributed by atoms with Crippen molar-refractivity contribution in [2.45, 2.75) is 48.7 Å². The summed E-state index contributed by atoms with van der Waals surface area (Å²) in [5.41, 5.74) is 2.26. The van der Waals surface area contributed by atoms with Crippen LogP contribution in [0.25, 0.3) is 0 Å². The summed E-state index contributed by atoms with van der Waals surface area (Å²) in [5, 5.41) is 0. The standard InChI is InChI=1S/C21H25IO4/c1-15-18(22)19(24-13-16-9-5-3-6-10-16)20(21(23-2)26-15)25-14-17-11-7-4-8-12-17/h3-12,15,18-21H,13-14H2,1-2H3/t15-,18-,19+,20-,21+/m1/s1. The summed E-state index contributed by atoms with van der Waals surface area (Å²) in [4.78, 5) is 0. The number of halogens is 1. The molecule has 0 aliphatic carbocycles. The highest BCUT2D eigenvalue weighted by molar-refractivity contribution is 14.1. The van der Waals surface area contributed by atoms with Crippen molar-refractivity contribution in [2.24, 2.45) is 0 Å². The van der Waals surface area contributed by atoms with Crippen LogP contribution in [0, 0.1) is 0 Å². The lowest BCUT2D eigenvalue weighted by molar-refractivity contribution is -0.272. The Hall–Kier alpha value is -0.990. The van der Waals surface area contributed by atoms with Crippen molar-refractivity contribution in [3.05, 3.63) is 71.8 Å². The van der Waals surface area contributed by atoms with Crippen molar-refractivity contribution in [3.8, 4) is 0 Å². The largest absolute Gasteiger partial charge is 0.369 e. The first-order valence-electron chi connectivity index (χ1n) is 8.82. The van der Waals surface area contributed by atoms with Gasteiger partial charge in [0, 0.05) is 7.11 Å². The van der Waals surface area contributed by atoms with Crippen LogP contribution in [0.1, 0.15) is 18.1 Å². The number of methoxy groups -OCH3 is 1. The van der Waals surface area contributed by atoms with E-state index < -0.39 is 6.29 Å². The number of alkyl halides is 1. The molecule has 5 atom stereocenters. The number of rotatable bonds is 7. The molecular weight excluding hydrogens is 443 g/mol. The molecule has 1 aliphatic heterocycles. The Morgan fingerprint density at radius 3 is 1.85 bits per heavy atom. The fourth-order valence-electron chi connectivity index (χ4n) is 3.05. The second-order valence-electron chi connectivity index (χ2n) is 6.41. The van der Waals surface area contributed by atoms with E-state index in [1.54, 1.807) is 7.11 Å². The molecule has 0 saturated carbocycles. The van der Waals surface area contributed by atoms with E-state index in [0.717, 1.165) is 11.1 Å². The predicted molar refractivity (Wildman–Crippen MR) is 109 cm³/mol. The molecule has 2 aromatic rings. The highest BCUT2D eigenvalue weighted by atomic mass is 127. The molecule has 0 N–H and O–H groups in total. The summed E-state index contributed by atoms with van der Waals surface area (Å²) in [6.45, 7) is 3.09. The number of ether oxygens (including phenoxy) is 4. The molecular formula is C21H25IO4. The first-order valence-corrected chi connectivity index (χ1v) is 10.1. The average Bonchev–Trinajstić information content (AvgIpc) is 2.69. The van der Waals surface area contributed by atoms with E-state index in [-0.39, 0.29) is 22.2 Å². The normalized spacial score (nSPS) is 28.8. The lowest BCUT2D eigenvalue weighted by Gasteiger charge is -2.43. The molecule has 3 rings (SSSR count). The van der Waals surface area contributed by atoms with Gasteiger partial charge in [-0.3, -0.25) is 0 Å². The molecule has 0 bridgehead atoms. The highest BCUT2D eigenvalue weighted by Gasteiger charge is 2.45. The molecule has 4 nitrogen and oxygen atoms in total. The van der Waals surface area contributed by atoms with E-state index in [4.69, 9.17) is 18.9 Å². The molecule has 0 spiro atoms. The molecule has 5 heteroatoms. The molecule has 0 unspecified atom stereocenters. The molecule has 1 heterocycles. The van der Waals surface area contributed by atoms with Crippen LogP contribution in [-0.4, -0.2) is 35.6 Å². The van der Waals surface area contributed by atoms with Crippen LogP contribution < -0.4 is 0 Å². The van der Waals surface area contributed by atoms with Crippen LogP contribution in [-0.2, 0) is 32.2 Å². The minimum atomic E-state index is -0.444. The zero-order chi connectivity index (χ0) is 18.4. The fourth-order valence-corrected chi connectivity index (χ4v) is 3.84. The van der Waals surface area contributed by atoms with Gasteiger partial charge in [-0.25, -0.2) is 0 Å². The minimum absolute atomic E-state index is 0.0258. The zero-order valence-corrected chi connectivity index (χ0v) is 17.2. The van der Waals surface area contributed by atoms with Crippen LogP contribution in [0.15, 0.2) is 60.7 Å². The Labute approximate surface area is 168 Å². The van der Waals surface area contributed by atoms with Crippen LogP contribution in [0.4, 0.5) is 0 Å².